The third-order valence-corrected chi connectivity index (χ3v) is 5.57. The topological polar surface area (TPSA) is 79.4 Å². The molecule has 2 saturated heterocycles. The molecule has 2 amide bonds. The van der Waals surface area contributed by atoms with Crippen LogP contribution in [-0.4, -0.2) is 90.7 Å². The van der Waals surface area contributed by atoms with Crippen molar-refractivity contribution >= 4 is 18.0 Å². The van der Waals surface area contributed by atoms with Crippen molar-refractivity contribution in [1.29, 1.82) is 0 Å². The van der Waals surface area contributed by atoms with E-state index in [9.17, 15) is 14.4 Å². The standard InChI is InChI=1S/C21H37N3O5/c1-15(18(25)29-21(2,3)4)24-11-7-8-17(24)14-28-19(26)16-9-12-23(13-10-16)20(27)22(5)6/h15-17H,7-14H2,1-6H3/t15-,17+/m1/s1. The van der Waals surface area contributed by atoms with E-state index in [1.165, 1.54) is 0 Å². The van der Waals surface area contributed by atoms with Gasteiger partial charge in [0.15, 0.2) is 0 Å². The fourth-order valence-electron chi connectivity index (χ4n) is 3.95. The molecule has 0 aromatic rings. The summed E-state index contributed by atoms with van der Waals surface area (Å²) in [6.45, 7) is 9.67. The smallest absolute Gasteiger partial charge is 0.323 e. The van der Waals surface area contributed by atoms with Gasteiger partial charge < -0.3 is 19.3 Å². The molecular formula is C21H37N3O5. The molecule has 0 aliphatic carbocycles. The van der Waals surface area contributed by atoms with E-state index >= 15 is 0 Å². The molecule has 2 aliphatic heterocycles. The van der Waals surface area contributed by atoms with Gasteiger partial charge in [0.1, 0.15) is 18.2 Å². The second kappa shape index (κ2) is 9.78. The first kappa shape index (κ1) is 23.4. The molecule has 29 heavy (non-hydrogen) atoms. The zero-order valence-corrected chi connectivity index (χ0v) is 18.8. The van der Waals surface area contributed by atoms with Crippen LogP contribution in [-0.2, 0) is 19.1 Å². The van der Waals surface area contributed by atoms with Crippen molar-refractivity contribution in [2.24, 2.45) is 5.92 Å². The normalized spacial score (nSPS) is 22.3. The number of esters is 2. The Kier molecular flexibility index (Phi) is 7.91. The fourth-order valence-corrected chi connectivity index (χ4v) is 3.95. The molecule has 0 bridgehead atoms. The first-order valence-electron chi connectivity index (χ1n) is 10.6. The summed E-state index contributed by atoms with van der Waals surface area (Å²) in [6, 6.07) is -0.341. The minimum Gasteiger partial charge on any atom is -0.464 e. The number of carbonyl (C=O) groups is 3. The van der Waals surface area contributed by atoms with Crippen molar-refractivity contribution in [1.82, 2.24) is 14.7 Å². The van der Waals surface area contributed by atoms with Crippen LogP contribution >= 0.6 is 0 Å². The molecule has 0 aromatic carbocycles. The Morgan fingerprint density at radius 2 is 1.69 bits per heavy atom. The van der Waals surface area contributed by atoms with Gasteiger partial charge >= 0.3 is 18.0 Å². The van der Waals surface area contributed by atoms with Gasteiger partial charge in [-0.2, -0.15) is 0 Å². The van der Waals surface area contributed by atoms with Gasteiger partial charge in [0.05, 0.1) is 5.92 Å². The predicted octanol–water partition coefficient (Wildman–Crippen LogP) is 2.12. The van der Waals surface area contributed by atoms with Crippen molar-refractivity contribution in [3.8, 4) is 0 Å². The molecule has 2 heterocycles. The van der Waals surface area contributed by atoms with Gasteiger partial charge in [-0.3, -0.25) is 14.5 Å². The summed E-state index contributed by atoms with van der Waals surface area (Å²) in [7, 11) is 3.46. The SMILES string of the molecule is C[C@H](C(=O)OC(C)(C)C)N1CCC[C@H]1COC(=O)C1CCN(C(=O)N(C)C)CC1. The van der Waals surface area contributed by atoms with Gasteiger partial charge in [0.2, 0.25) is 0 Å². The Balaban J connectivity index is 1.80. The van der Waals surface area contributed by atoms with Crippen LogP contribution in [0, 0.1) is 5.92 Å². The molecule has 166 valence electrons. The highest BCUT2D eigenvalue weighted by Crippen LogP contribution is 2.24. The number of rotatable bonds is 5. The fraction of sp³-hybridized carbons (Fsp3) is 0.857. The van der Waals surface area contributed by atoms with Gasteiger partial charge in [-0.1, -0.05) is 0 Å². The number of carbonyl (C=O) groups excluding carboxylic acids is 3. The average molecular weight is 412 g/mol. The molecule has 8 heteroatoms. The summed E-state index contributed by atoms with van der Waals surface area (Å²) in [4.78, 5) is 42.3. The molecule has 0 spiro atoms. The monoisotopic (exact) mass is 411 g/mol. The van der Waals surface area contributed by atoms with E-state index < -0.39 is 5.60 Å². The summed E-state index contributed by atoms with van der Waals surface area (Å²) in [5, 5.41) is 0. The maximum atomic E-state index is 12.5. The van der Waals surface area contributed by atoms with Gasteiger partial charge in [0, 0.05) is 33.2 Å². The Morgan fingerprint density at radius 3 is 2.24 bits per heavy atom. The van der Waals surface area contributed by atoms with Crippen molar-refractivity contribution in [3.05, 3.63) is 0 Å². The van der Waals surface area contributed by atoms with Crippen molar-refractivity contribution in [2.45, 2.75) is 71.1 Å². The van der Waals surface area contributed by atoms with E-state index in [1.807, 2.05) is 27.7 Å². The van der Waals surface area contributed by atoms with E-state index in [4.69, 9.17) is 9.47 Å². The molecular weight excluding hydrogens is 374 g/mol. The number of nitrogens with zero attached hydrogens (tertiary/aromatic N) is 3. The van der Waals surface area contributed by atoms with Gasteiger partial charge in [-0.05, 0) is 59.9 Å². The lowest BCUT2D eigenvalue weighted by atomic mass is 9.97. The zero-order chi connectivity index (χ0) is 21.8. The lowest BCUT2D eigenvalue weighted by molar-refractivity contribution is -0.162. The van der Waals surface area contributed by atoms with Crippen molar-refractivity contribution < 1.29 is 23.9 Å². The van der Waals surface area contributed by atoms with Gasteiger partial charge in [0.25, 0.3) is 0 Å². The van der Waals surface area contributed by atoms with Crippen LogP contribution in [0.1, 0.15) is 53.4 Å². The molecule has 0 radical (unpaired) electrons. The maximum absolute atomic E-state index is 12.5. The van der Waals surface area contributed by atoms with E-state index in [2.05, 4.69) is 4.90 Å². The lowest BCUT2D eigenvalue weighted by Crippen LogP contribution is -2.47. The summed E-state index contributed by atoms with van der Waals surface area (Å²) in [5.41, 5.74) is -0.518. The van der Waals surface area contributed by atoms with E-state index in [-0.39, 0.29) is 36.0 Å². The molecule has 0 unspecified atom stereocenters. The molecule has 0 N–H and O–H groups in total. The first-order chi connectivity index (χ1) is 13.5. The molecule has 2 rings (SSSR count). The Labute approximate surface area is 174 Å². The summed E-state index contributed by atoms with van der Waals surface area (Å²) < 4.78 is 11.1. The minimum absolute atomic E-state index is 0.0189. The number of hydrogen-bond acceptors (Lipinski definition) is 6. The third-order valence-electron chi connectivity index (χ3n) is 5.57. The van der Waals surface area contributed by atoms with E-state index in [0.717, 1.165) is 19.4 Å². The lowest BCUT2D eigenvalue weighted by Gasteiger charge is -2.33. The highest BCUT2D eigenvalue weighted by molar-refractivity contribution is 5.76. The molecule has 8 nitrogen and oxygen atoms in total. The zero-order valence-electron chi connectivity index (χ0n) is 18.8. The van der Waals surface area contributed by atoms with Crippen LogP contribution in [0.3, 0.4) is 0 Å². The molecule has 2 aliphatic rings. The second-order valence-electron chi connectivity index (χ2n) is 9.31. The predicted molar refractivity (Wildman–Crippen MR) is 109 cm³/mol. The van der Waals surface area contributed by atoms with Crippen LogP contribution in [0.25, 0.3) is 0 Å². The maximum Gasteiger partial charge on any atom is 0.323 e. The summed E-state index contributed by atoms with van der Waals surface area (Å²) >= 11 is 0. The number of hydrogen-bond donors (Lipinski definition) is 0. The van der Waals surface area contributed by atoms with Crippen LogP contribution < -0.4 is 0 Å². The summed E-state index contributed by atoms with van der Waals surface area (Å²) in [6.07, 6.45) is 3.12. The van der Waals surface area contributed by atoms with Gasteiger partial charge in [-0.25, -0.2) is 4.79 Å². The minimum atomic E-state index is -0.518. The molecule has 0 saturated carbocycles. The molecule has 2 atom stereocenters. The van der Waals surface area contributed by atoms with Crippen LogP contribution in [0.5, 0.6) is 0 Å². The Hall–Kier alpha value is -1.83. The number of piperidine rings is 1. The average Bonchev–Trinajstić information content (AvgIpc) is 3.12. The van der Waals surface area contributed by atoms with Gasteiger partial charge in [-0.15, -0.1) is 0 Å². The largest absolute Gasteiger partial charge is 0.464 e. The van der Waals surface area contributed by atoms with Crippen molar-refractivity contribution in [2.75, 3.05) is 40.3 Å². The van der Waals surface area contributed by atoms with Crippen LogP contribution in [0.15, 0.2) is 0 Å². The first-order valence-corrected chi connectivity index (χ1v) is 10.6. The quantitative estimate of drug-likeness (QED) is 0.645. The Morgan fingerprint density at radius 1 is 1.07 bits per heavy atom. The number of ether oxygens (including phenoxy) is 2. The second-order valence-corrected chi connectivity index (χ2v) is 9.31. The number of likely N-dealkylation sites (tertiary alicyclic amines) is 2. The van der Waals surface area contributed by atoms with Crippen LogP contribution in [0.4, 0.5) is 4.79 Å². The Bertz CT molecular complexity index is 594. The third kappa shape index (κ3) is 6.59. The highest BCUT2D eigenvalue weighted by atomic mass is 16.6. The molecule has 2 fully saturated rings. The van der Waals surface area contributed by atoms with E-state index in [0.29, 0.717) is 32.5 Å². The molecule has 0 aromatic heterocycles. The number of amides is 2. The van der Waals surface area contributed by atoms with Crippen molar-refractivity contribution in [3.63, 3.8) is 0 Å². The number of urea groups is 1. The van der Waals surface area contributed by atoms with E-state index in [1.54, 1.807) is 23.9 Å². The highest BCUT2D eigenvalue weighted by Gasteiger charge is 2.36. The summed E-state index contributed by atoms with van der Waals surface area (Å²) in [5.74, 6) is -0.605. The van der Waals surface area contributed by atoms with Crippen LogP contribution in [0.2, 0.25) is 0 Å².